The Kier molecular flexibility index (Phi) is 6.42. The van der Waals surface area contributed by atoms with E-state index in [1.165, 1.54) is 10.8 Å². The Morgan fingerprint density at radius 3 is 1.52 bits per heavy atom. The van der Waals surface area contributed by atoms with Crippen molar-refractivity contribution in [1.29, 1.82) is 0 Å². The molecule has 0 saturated carbocycles. The van der Waals surface area contributed by atoms with Gasteiger partial charge < -0.3 is 8.98 Å². The lowest BCUT2D eigenvalue weighted by Gasteiger charge is -2.15. The maximum absolute atomic E-state index is 6.75. The van der Waals surface area contributed by atoms with E-state index in [0.717, 1.165) is 66.5 Å². The molecule has 0 fully saturated rings. The van der Waals surface area contributed by atoms with Crippen molar-refractivity contribution in [2.75, 3.05) is 0 Å². The van der Waals surface area contributed by atoms with E-state index in [2.05, 4.69) is 102 Å². The number of rotatable bonds is 5. The minimum absolute atomic E-state index is 0.606. The molecule has 3 heterocycles. The molecule has 0 aliphatic heterocycles. The van der Waals surface area contributed by atoms with Crippen molar-refractivity contribution in [1.82, 2.24) is 19.5 Å². The van der Waals surface area contributed by atoms with Crippen molar-refractivity contribution >= 4 is 43.7 Å². The first kappa shape index (κ1) is 28.2. The quantitative estimate of drug-likeness (QED) is 0.188. The highest BCUT2D eigenvalue weighted by Crippen LogP contribution is 2.43. The van der Waals surface area contributed by atoms with Crippen LogP contribution in [0.5, 0.6) is 0 Å². The Morgan fingerprint density at radius 1 is 0.380 bits per heavy atom. The highest BCUT2D eigenvalue weighted by molar-refractivity contribution is 6.14. The summed E-state index contributed by atoms with van der Waals surface area (Å²) in [6, 6.07) is 58.5. The molecule has 0 unspecified atom stereocenters. The third-order valence-corrected chi connectivity index (χ3v) is 9.45. The second-order valence-electron chi connectivity index (χ2n) is 12.4. The van der Waals surface area contributed by atoms with Gasteiger partial charge in [0.1, 0.15) is 11.2 Å². The van der Waals surface area contributed by atoms with Gasteiger partial charge in [0.05, 0.1) is 16.7 Å². The van der Waals surface area contributed by atoms with Crippen LogP contribution in [0.25, 0.3) is 94.7 Å². The molecule has 0 bridgehead atoms. The molecule has 234 valence electrons. The van der Waals surface area contributed by atoms with Crippen LogP contribution in [-0.2, 0) is 0 Å². The van der Waals surface area contributed by atoms with E-state index in [1.807, 2.05) is 72.8 Å². The van der Waals surface area contributed by atoms with Crippen LogP contribution in [-0.4, -0.2) is 19.5 Å². The summed E-state index contributed by atoms with van der Waals surface area (Å²) in [5.74, 6) is 1.87. The second kappa shape index (κ2) is 11.4. The van der Waals surface area contributed by atoms with Crippen molar-refractivity contribution in [2.24, 2.45) is 0 Å². The summed E-state index contributed by atoms with van der Waals surface area (Å²) in [6.45, 7) is 0. The maximum atomic E-state index is 6.75. The molecule has 7 aromatic carbocycles. The highest BCUT2D eigenvalue weighted by atomic mass is 16.3. The van der Waals surface area contributed by atoms with Gasteiger partial charge in [-0.2, -0.15) is 0 Å². The van der Waals surface area contributed by atoms with Gasteiger partial charge in [0.2, 0.25) is 0 Å². The molecule has 50 heavy (non-hydrogen) atoms. The Hall–Kier alpha value is -6.85. The number of hydrogen-bond donors (Lipinski definition) is 0. The summed E-state index contributed by atoms with van der Waals surface area (Å²) in [7, 11) is 0. The fraction of sp³-hybridized carbons (Fsp3) is 0. The molecule has 0 radical (unpaired) electrons. The number of aromatic nitrogens is 4. The summed E-state index contributed by atoms with van der Waals surface area (Å²) < 4.78 is 9.11. The molecule has 0 spiro atoms. The van der Waals surface area contributed by atoms with Crippen LogP contribution in [0.3, 0.4) is 0 Å². The Labute approximate surface area is 287 Å². The van der Waals surface area contributed by atoms with Crippen LogP contribution in [0.4, 0.5) is 0 Å². The van der Waals surface area contributed by atoms with Gasteiger partial charge in [-0.3, -0.25) is 0 Å². The molecule has 0 saturated heterocycles. The van der Waals surface area contributed by atoms with Gasteiger partial charge in [-0.25, -0.2) is 15.0 Å². The molecular weight excluding hydrogens is 613 g/mol. The zero-order chi connectivity index (χ0) is 33.0. The van der Waals surface area contributed by atoms with Crippen LogP contribution in [0, 0.1) is 0 Å². The van der Waals surface area contributed by atoms with Gasteiger partial charge >= 0.3 is 0 Å². The third kappa shape index (κ3) is 4.52. The lowest BCUT2D eigenvalue weighted by Crippen LogP contribution is -2.01. The van der Waals surface area contributed by atoms with Crippen molar-refractivity contribution in [3.8, 4) is 51.0 Å². The minimum atomic E-state index is 0.606. The molecule has 10 aromatic rings. The smallest absolute Gasteiger partial charge is 0.164 e. The zero-order valence-corrected chi connectivity index (χ0v) is 26.9. The molecule has 5 heteroatoms. The summed E-state index contributed by atoms with van der Waals surface area (Å²) in [6.07, 6.45) is 0. The van der Waals surface area contributed by atoms with E-state index in [-0.39, 0.29) is 0 Å². The number of nitrogens with zero attached hydrogens (tertiary/aromatic N) is 4. The van der Waals surface area contributed by atoms with Gasteiger partial charge in [-0.15, -0.1) is 0 Å². The predicted octanol–water partition coefficient (Wildman–Crippen LogP) is 11.5. The third-order valence-electron chi connectivity index (χ3n) is 9.45. The van der Waals surface area contributed by atoms with Gasteiger partial charge in [-0.1, -0.05) is 133 Å². The van der Waals surface area contributed by atoms with Crippen LogP contribution in [0.15, 0.2) is 174 Å². The van der Waals surface area contributed by atoms with Crippen LogP contribution in [0.2, 0.25) is 0 Å². The lowest BCUT2D eigenvalue weighted by atomic mass is 9.98. The number of benzene rings is 7. The number of hydrogen-bond acceptors (Lipinski definition) is 4. The normalized spacial score (nSPS) is 11.6. The summed E-state index contributed by atoms with van der Waals surface area (Å²) in [4.78, 5) is 15.0. The van der Waals surface area contributed by atoms with Crippen LogP contribution >= 0.6 is 0 Å². The van der Waals surface area contributed by atoms with Gasteiger partial charge in [0.25, 0.3) is 0 Å². The van der Waals surface area contributed by atoms with E-state index in [0.29, 0.717) is 17.5 Å². The Balaban J connectivity index is 1.25. The SMILES string of the molecule is c1ccc(-c2nc(-c3ccccc3)nc(-c3cccc(-c4c(-n5c6ccccc6c6ccccc65)ccc5c4oc4ccccc45)c3)n2)cc1. The second-order valence-corrected chi connectivity index (χ2v) is 12.4. The molecule has 5 nitrogen and oxygen atoms in total. The molecule has 0 aliphatic rings. The molecule has 0 N–H and O–H groups in total. The average Bonchev–Trinajstić information content (AvgIpc) is 3.74. The monoisotopic (exact) mass is 640 g/mol. The fourth-order valence-electron chi connectivity index (χ4n) is 7.18. The van der Waals surface area contributed by atoms with E-state index < -0.39 is 0 Å². The first-order chi connectivity index (χ1) is 24.8. The molecule has 10 rings (SSSR count). The topological polar surface area (TPSA) is 56.7 Å². The van der Waals surface area contributed by atoms with Crippen molar-refractivity contribution in [3.63, 3.8) is 0 Å². The summed E-state index contributed by atoms with van der Waals surface area (Å²) in [5, 5.41) is 4.58. The highest BCUT2D eigenvalue weighted by Gasteiger charge is 2.22. The largest absolute Gasteiger partial charge is 0.455 e. The molecule has 0 aliphatic carbocycles. The first-order valence-electron chi connectivity index (χ1n) is 16.7. The maximum Gasteiger partial charge on any atom is 0.164 e. The van der Waals surface area contributed by atoms with E-state index in [4.69, 9.17) is 19.4 Å². The van der Waals surface area contributed by atoms with Crippen LogP contribution < -0.4 is 0 Å². The van der Waals surface area contributed by atoms with E-state index in [9.17, 15) is 0 Å². The van der Waals surface area contributed by atoms with Gasteiger partial charge in [0.15, 0.2) is 17.5 Å². The molecule has 0 atom stereocenters. The Morgan fingerprint density at radius 2 is 0.880 bits per heavy atom. The fourth-order valence-corrected chi connectivity index (χ4v) is 7.18. The number of para-hydroxylation sites is 3. The van der Waals surface area contributed by atoms with Crippen molar-refractivity contribution in [3.05, 3.63) is 170 Å². The van der Waals surface area contributed by atoms with E-state index >= 15 is 0 Å². The molecule has 0 amide bonds. The number of furan rings is 1. The Bertz CT molecular complexity index is 2760. The van der Waals surface area contributed by atoms with Crippen molar-refractivity contribution in [2.45, 2.75) is 0 Å². The van der Waals surface area contributed by atoms with Crippen molar-refractivity contribution < 1.29 is 4.42 Å². The zero-order valence-electron chi connectivity index (χ0n) is 26.9. The molecular formula is C45H28N4O. The van der Waals surface area contributed by atoms with Gasteiger partial charge in [0, 0.05) is 43.8 Å². The summed E-state index contributed by atoms with van der Waals surface area (Å²) >= 11 is 0. The van der Waals surface area contributed by atoms with Crippen LogP contribution in [0.1, 0.15) is 0 Å². The lowest BCUT2D eigenvalue weighted by molar-refractivity contribution is 0.670. The van der Waals surface area contributed by atoms with Gasteiger partial charge in [-0.05, 0) is 42.0 Å². The standard InChI is InChI=1S/C45H28N4O/c1-3-14-29(15-4-1)43-46-44(30-16-5-2-6-17-30)48-45(47-43)32-19-13-18-31(28-32)41-39(27-26-36-35-22-9-12-25-40(35)50-42(36)41)49-37-23-10-7-20-33(37)34-21-8-11-24-38(34)49/h1-28H. The van der Waals surface area contributed by atoms with E-state index in [1.54, 1.807) is 0 Å². The molecule has 3 aromatic heterocycles. The predicted molar refractivity (Wildman–Crippen MR) is 203 cm³/mol. The first-order valence-corrected chi connectivity index (χ1v) is 16.7. The average molecular weight is 641 g/mol. The minimum Gasteiger partial charge on any atom is -0.455 e. The summed E-state index contributed by atoms with van der Waals surface area (Å²) in [5.41, 5.74) is 9.79. The number of fused-ring (bicyclic) bond motifs is 6.